The van der Waals surface area contributed by atoms with Gasteiger partial charge in [-0.05, 0) is 84.3 Å². The van der Waals surface area contributed by atoms with Gasteiger partial charge in [-0.3, -0.25) is 4.79 Å². The molecule has 4 aromatic rings. The number of ether oxygens (including phenoxy) is 8. The molecule has 0 heterocycles. The summed E-state index contributed by atoms with van der Waals surface area (Å²) in [5.74, 6) is 3.16. The van der Waals surface area contributed by atoms with Gasteiger partial charge in [0.15, 0.2) is 0 Å². The minimum absolute atomic E-state index is 0.366. The van der Waals surface area contributed by atoms with Crippen LogP contribution in [0.25, 0.3) is 0 Å². The minimum atomic E-state index is 0.366. The average Bonchev–Trinajstić information content (AvgIpc) is 3.18. The van der Waals surface area contributed by atoms with E-state index in [1.54, 1.807) is 0 Å². The predicted octanol–water partition coefficient (Wildman–Crippen LogP) is 7.84. The van der Waals surface area contributed by atoms with Crippen molar-refractivity contribution in [1.29, 1.82) is 0 Å². The van der Waals surface area contributed by atoms with E-state index in [9.17, 15) is 4.79 Å². The van der Waals surface area contributed by atoms with Gasteiger partial charge in [0.05, 0.1) is 26.4 Å². The summed E-state index contributed by atoms with van der Waals surface area (Å²) in [4.78, 5) is 12.5. The lowest BCUT2D eigenvalue weighted by Gasteiger charge is -2.23. The summed E-state index contributed by atoms with van der Waals surface area (Å²) in [5.41, 5.74) is 8.46. The van der Waals surface area contributed by atoms with Crippen LogP contribution in [0.4, 0.5) is 0 Å². The standard InChI is InChI=1S/C45H56O9/c1-5-47-18-22-51-42-34-12-9-13-35(42)29-37-15-11-17-39(44(37)53-24-20-49-7-3)31-41-27-33(32-46)26-40(45(41)54-25-21-50-8-4)30-38-16-10-14-36(28-34)43(38)52-23-19-48-6-2/h9-17,26-27,32H,5-8,18-25,28-31H2,1-4H3. The molecule has 0 unspecified atom stereocenters. The van der Waals surface area contributed by atoms with Gasteiger partial charge in [0.25, 0.3) is 0 Å². The second-order valence-electron chi connectivity index (χ2n) is 12.9. The number of hydrogen-bond acceptors (Lipinski definition) is 9. The molecule has 9 heteroatoms. The fraction of sp³-hybridized carbons (Fsp3) is 0.444. The summed E-state index contributed by atoms with van der Waals surface area (Å²) in [5, 5.41) is 0. The van der Waals surface area contributed by atoms with Gasteiger partial charge in [0.1, 0.15) is 55.7 Å². The number of hydrogen-bond donors (Lipinski definition) is 0. The Morgan fingerprint density at radius 1 is 0.407 bits per heavy atom. The molecule has 8 bridgehead atoms. The quantitative estimate of drug-likeness (QED) is 0.0552. The van der Waals surface area contributed by atoms with E-state index in [2.05, 4.69) is 54.6 Å². The molecule has 5 rings (SSSR count). The Labute approximate surface area is 320 Å². The fourth-order valence-corrected chi connectivity index (χ4v) is 6.81. The molecule has 0 fully saturated rings. The van der Waals surface area contributed by atoms with E-state index in [-0.39, 0.29) is 0 Å². The van der Waals surface area contributed by atoms with Crippen LogP contribution in [0.2, 0.25) is 0 Å². The predicted molar refractivity (Wildman–Crippen MR) is 210 cm³/mol. The Balaban J connectivity index is 1.71. The number of para-hydroxylation sites is 3. The molecular formula is C45H56O9. The third-order valence-corrected chi connectivity index (χ3v) is 9.17. The summed E-state index contributed by atoms with van der Waals surface area (Å²) in [6.45, 7) is 13.8. The monoisotopic (exact) mass is 740 g/mol. The van der Waals surface area contributed by atoms with Crippen LogP contribution in [0.15, 0.2) is 66.7 Å². The summed E-state index contributed by atoms with van der Waals surface area (Å²) in [7, 11) is 0. The zero-order valence-electron chi connectivity index (χ0n) is 32.4. The van der Waals surface area contributed by atoms with E-state index in [0.717, 1.165) is 73.8 Å². The highest BCUT2D eigenvalue weighted by atomic mass is 16.5. The van der Waals surface area contributed by atoms with E-state index in [1.165, 1.54) is 0 Å². The molecule has 0 atom stereocenters. The van der Waals surface area contributed by atoms with Crippen LogP contribution >= 0.6 is 0 Å². The Bertz CT molecular complexity index is 1660. The molecule has 1 aliphatic carbocycles. The maximum atomic E-state index is 12.5. The molecule has 290 valence electrons. The number of carbonyl (C=O) groups excluding carboxylic acids is 1. The number of rotatable bonds is 21. The van der Waals surface area contributed by atoms with Gasteiger partial charge in [-0.2, -0.15) is 0 Å². The van der Waals surface area contributed by atoms with Crippen LogP contribution in [-0.2, 0) is 44.6 Å². The molecule has 0 amide bonds. The Morgan fingerprint density at radius 2 is 0.667 bits per heavy atom. The largest absolute Gasteiger partial charge is 0.491 e. The molecule has 0 radical (unpaired) electrons. The molecular weight excluding hydrogens is 684 g/mol. The Morgan fingerprint density at radius 3 is 0.926 bits per heavy atom. The van der Waals surface area contributed by atoms with Gasteiger partial charge in [-0.25, -0.2) is 0 Å². The van der Waals surface area contributed by atoms with Crippen molar-refractivity contribution in [2.75, 3.05) is 79.3 Å². The Hall–Kier alpha value is -4.41. The van der Waals surface area contributed by atoms with Crippen molar-refractivity contribution in [3.63, 3.8) is 0 Å². The topological polar surface area (TPSA) is 90.9 Å². The van der Waals surface area contributed by atoms with Gasteiger partial charge in [0, 0.05) is 57.7 Å². The molecule has 0 saturated carbocycles. The summed E-state index contributed by atoms with van der Waals surface area (Å²) < 4.78 is 49.0. The number of benzene rings is 4. The zero-order valence-corrected chi connectivity index (χ0v) is 32.4. The van der Waals surface area contributed by atoms with Crippen molar-refractivity contribution in [3.8, 4) is 23.0 Å². The molecule has 0 aromatic heterocycles. The SMILES string of the molecule is CCOCCOc1c2cccc1Cc1cccc(c1OCCOCC)Cc1cc(C=O)cc(c1OCCOCC)Cc1cccc(c1OCCOCC)C2. The second kappa shape index (κ2) is 22.1. The first kappa shape index (κ1) is 40.8. The smallest absolute Gasteiger partial charge is 0.150 e. The van der Waals surface area contributed by atoms with Crippen LogP contribution in [0, 0.1) is 0 Å². The number of carbonyl (C=O) groups is 1. The van der Waals surface area contributed by atoms with E-state index >= 15 is 0 Å². The van der Waals surface area contributed by atoms with Gasteiger partial charge < -0.3 is 37.9 Å². The van der Waals surface area contributed by atoms with E-state index in [0.29, 0.717) is 111 Å². The third-order valence-electron chi connectivity index (χ3n) is 9.17. The summed E-state index contributed by atoms with van der Waals surface area (Å²) >= 11 is 0. The molecule has 1 aliphatic rings. The first-order valence-corrected chi connectivity index (χ1v) is 19.3. The van der Waals surface area contributed by atoms with E-state index < -0.39 is 0 Å². The van der Waals surface area contributed by atoms with E-state index in [1.807, 2.05) is 39.8 Å². The summed E-state index contributed by atoms with van der Waals surface area (Å²) in [6.07, 6.45) is 3.01. The van der Waals surface area contributed by atoms with Gasteiger partial charge in [-0.15, -0.1) is 0 Å². The van der Waals surface area contributed by atoms with Crippen molar-refractivity contribution < 1.29 is 42.7 Å². The zero-order chi connectivity index (χ0) is 38.0. The highest BCUT2D eigenvalue weighted by Crippen LogP contribution is 2.39. The average molecular weight is 741 g/mol. The van der Waals surface area contributed by atoms with Crippen LogP contribution in [0.5, 0.6) is 23.0 Å². The maximum Gasteiger partial charge on any atom is 0.150 e. The normalized spacial score (nSPS) is 12.3. The van der Waals surface area contributed by atoms with Gasteiger partial charge in [-0.1, -0.05) is 54.6 Å². The molecule has 0 saturated heterocycles. The highest BCUT2D eigenvalue weighted by Gasteiger charge is 2.22. The number of aldehydes is 1. The number of fused-ring (bicyclic) bond motifs is 8. The van der Waals surface area contributed by atoms with Crippen molar-refractivity contribution in [2.45, 2.75) is 53.4 Å². The minimum Gasteiger partial charge on any atom is -0.491 e. The molecule has 4 aromatic carbocycles. The van der Waals surface area contributed by atoms with Gasteiger partial charge >= 0.3 is 0 Å². The third kappa shape index (κ3) is 11.3. The lowest BCUT2D eigenvalue weighted by Crippen LogP contribution is -2.14. The fourth-order valence-electron chi connectivity index (χ4n) is 6.81. The van der Waals surface area contributed by atoms with Crippen molar-refractivity contribution in [2.24, 2.45) is 0 Å². The van der Waals surface area contributed by atoms with E-state index in [4.69, 9.17) is 37.9 Å². The first-order chi connectivity index (χ1) is 26.6. The lowest BCUT2D eigenvalue weighted by molar-refractivity contribution is 0.108. The van der Waals surface area contributed by atoms with Crippen LogP contribution < -0.4 is 18.9 Å². The maximum absolute atomic E-state index is 12.5. The molecule has 0 N–H and O–H groups in total. The van der Waals surface area contributed by atoms with Crippen LogP contribution in [0.3, 0.4) is 0 Å². The van der Waals surface area contributed by atoms with Crippen LogP contribution in [-0.4, -0.2) is 85.6 Å². The van der Waals surface area contributed by atoms with Crippen molar-refractivity contribution in [3.05, 3.63) is 117 Å². The Kier molecular flexibility index (Phi) is 16.7. The summed E-state index contributed by atoms with van der Waals surface area (Å²) in [6, 6.07) is 22.7. The second-order valence-corrected chi connectivity index (χ2v) is 12.9. The van der Waals surface area contributed by atoms with Crippen LogP contribution in [0.1, 0.15) is 82.6 Å². The first-order valence-electron chi connectivity index (χ1n) is 19.3. The molecule has 9 nitrogen and oxygen atoms in total. The molecule has 54 heavy (non-hydrogen) atoms. The lowest BCUT2D eigenvalue weighted by atomic mass is 9.90. The van der Waals surface area contributed by atoms with Crippen molar-refractivity contribution in [1.82, 2.24) is 0 Å². The highest BCUT2D eigenvalue weighted by molar-refractivity contribution is 5.77. The van der Waals surface area contributed by atoms with Crippen molar-refractivity contribution >= 4 is 6.29 Å². The molecule has 0 aliphatic heterocycles. The van der Waals surface area contributed by atoms with Gasteiger partial charge in [0.2, 0.25) is 0 Å². The molecule has 0 spiro atoms.